The van der Waals surface area contributed by atoms with Crippen molar-refractivity contribution in [1.82, 2.24) is 10.2 Å². The largest absolute Gasteiger partial charge is 0.314 e. The van der Waals surface area contributed by atoms with Gasteiger partial charge in [-0.1, -0.05) is 17.7 Å². The van der Waals surface area contributed by atoms with Gasteiger partial charge < -0.3 is 5.32 Å². The van der Waals surface area contributed by atoms with Gasteiger partial charge in [-0.2, -0.15) is 0 Å². The Labute approximate surface area is 150 Å². The Morgan fingerprint density at radius 1 is 1.39 bits per heavy atom. The minimum Gasteiger partial charge on any atom is -0.314 e. The van der Waals surface area contributed by atoms with E-state index in [1.54, 1.807) is 13.0 Å². The molecule has 1 aromatic carbocycles. The van der Waals surface area contributed by atoms with Gasteiger partial charge in [0.1, 0.15) is 0 Å². The molecule has 23 heavy (non-hydrogen) atoms. The van der Waals surface area contributed by atoms with Gasteiger partial charge in [-0.15, -0.1) is 31.4 Å². The van der Waals surface area contributed by atoms with Crippen molar-refractivity contribution in [3.63, 3.8) is 0 Å². The fourth-order valence-electron chi connectivity index (χ4n) is 2.81. The summed E-state index contributed by atoms with van der Waals surface area (Å²) < 4.78 is 0. The maximum absolute atomic E-state index is 11.2. The summed E-state index contributed by atoms with van der Waals surface area (Å²) in [6.07, 6.45) is 0.834. The van der Waals surface area contributed by atoms with E-state index in [-0.39, 0.29) is 41.5 Å². The molecule has 2 rings (SSSR count). The number of hydrogen-bond acceptors (Lipinski definition) is 4. The molecule has 1 fully saturated rings. The van der Waals surface area contributed by atoms with E-state index >= 15 is 0 Å². The van der Waals surface area contributed by atoms with Gasteiger partial charge in [0.2, 0.25) is 0 Å². The lowest BCUT2D eigenvalue weighted by molar-refractivity contribution is -0.385. The van der Waals surface area contributed by atoms with Crippen LogP contribution < -0.4 is 5.32 Å². The molecule has 1 aliphatic heterocycles. The van der Waals surface area contributed by atoms with Crippen molar-refractivity contribution >= 4 is 30.5 Å². The Balaban J connectivity index is 0.00000242. The van der Waals surface area contributed by atoms with Crippen LogP contribution in [0.1, 0.15) is 30.5 Å². The highest BCUT2D eigenvalue weighted by atomic mass is 35.5. The number of benzene rings is 1. The van der Waals surface area contributed by atoms with Gasteiger partial charge in [0, 0.05) is 43.9 Å². The molecule has 0 radical (unpaired) electrons. The van der Waals surface area contributed by atoms with Crippen LogP contribution in [0.25, 0.3) is 0 Å². The summed E-state index contributed by atoms with van der Waals surface area (Å²) >= 11 is 0. The highest BCUT2D eigenvalue weighted by molar-refractivity contribution is 5.85. The molecule has 5 nitrogen and oxygen atoms in total. The first-order chi connectivity index (χ1) is 9.99. The number of nitrogens with one attached hydrogen (secondary N) is 1. The van der Waals surface area contributed by atoms with Crippen LogP contribution in [0.3, 0.4) is 0 Å². The fraction of sp³-hybridized carbons (Fsp3) is 0.500. The summed E-state index contributed by atoms with van der Waals surface area (Å²) in [5, 5.41) is 14.5. The molecule has 1 heterocycles. The van der Waals surface area contributed by atoms with Gasteiger partial charge in [-0.3, -0.25) is 15.0 Å². The number of aryl methyl sites for hydroxylation is 1. The average molecular weight is 362 g/mol. The molecule has 1 atom stereocenters. The van der Waals surface area contributed by atoms with Crippen LogP contribution in [0.2, 0.25) is 0 Å². The van der Waals surface area contributed by atoms with Crippen LogP contribution in [0.15, 0.2) is 30.4 Å². The number of hydrogen-bond donors (Lipinski definition) is 1. The second kappa shape index (κ2) is 9.88. The van der Waals surface area contributed by atoms with E-state index in [1.165, 1.54) is 0 Å². The summed E-state index contributed by atoms with van der Waals surface area (Å²) in [6.45, 7) is 11.6. The summed E-state index contributed by atoms with van der Waals surface area (Å²) in [5.41, 5.74) is 3.02. The lowest BCUT2D eigenvalue weighted by atomic mass is 9.96. The Hall–Kier alpha value is -1.14. The molecule has 0 spiro atoms. The SMILES string of the molecule is C=C(C)C[C@H](c1ccc(C)c([N+](=O)[O-])c1)N1CCNCC1.Cl.Cl. The topological polar surface area (TPSA) is 58.4 Å². The smallest absolute Gasteiger partial charge is 0.272 e. The number of nitro groups is 1. The lowest BCUT2D eigenvalue weighted by Crippen LogP contribution is -2.45. The van der Waals surface area contributed by atoms with E-state index in [2.05, 4.69) is 16.8 Å². The Morgan fingerprint density at radius 3 is 2.52 bits per heavy atom. The molecular weight excluding hydrogens is 337 g/mol. The number of piperazine rings is 1. The molecular formula is C16H25Cl2N3O2. The van der Waals surface area contributed by atoms with Crippen molar-refractivity contribution in [2.75, 3.05) is 26.2 Å². The maximum atomic E-state index is 11.2. The van der Waals surface area contributed by atoms with Crippen molar-refractivity contribution in [2.45, 2.75) is 26.3 Å². The minimum atomic E-state index is -0.297. The molecule has 1 N–H and O–H groups in total. The number of rotatable bonds is 5. The maximum Gasteiger partial charge on any atom is 0.272 e. The standard InChI is InChI=1S/C16H23N3O2.2ClH/c1-12(2)10-16(18-8-6-17-7-9-18)14-5-4-13(3)15(11-14)19(20)21;;/h4-5,11,16-17H,1,6-10H2,2-3H3;2*1H/t16-;;/m1../s1. The van der Waals surface area contributed by atoms with Crippen LogP contribution in [0.5, 0.6) is 0 Å². The van der Waals surface area contributed by atoms with Crippen molar-refractivity contribution in [2.24, 2.45) is 0 Å². The number of nitro benzene ring substituents is 1. The third-order valence-corrected chi connectivity index (χ3v) is 3.95. The molecule has 0 unspecified atom stereocenters. The summed E-state index contributed by atoms with van der Waals surface area (Å²) in [7, 11) is 0. The van der Waals surface area contributed by atoms with Crippen LogP contribution in [0.4, 0.5) is 5.69 Å². The Bertz CT molecular complexity index is 546. The number of nitrogens with zero attached hydrogens (tertiary/aromatic N) is 2. The summed E-state index contributed by atoms with van der Waals surface area (Å²) in [6, 6.07) is 5.76. The molecule has 0 aliphatic carbocycles. The highest BCUT2D eigenvalue weighted by Gasteiger charge is 2.24. The zero-order valence-corrected chi connectivity index (χ0v) is 15.2. The summed E-state index contributed by atoms with van der Waals surface area (Å²) in [4.78, 5) is 13.3. The van der Waals surface area contributed by atoms with E-state index in [0.717, 1.165) is 43.7 Å². The molecule has 130 valence electrons. The molecule has 1 saturated heterocycles. The van der Waals surface area contributed by atoms with Crippen molar-refractivity contribution in [3.05, 3.63) is 51.6 Å². The average Bonchev–Trinajstić information content (AvgIpc) is 2.46. The first-order valence-corrected chi connectivity index (χ1v) is 7.33. The van der Waals surface area contributed by atoms with Gasteiger partial charge in [-0.25, -0.2) is 0 Å². The van der Waals surface area contributed by atoms with Crippen LogP contribution in [-0.2, 0) is 0 Å². The van der Waals surface area contributed by atoms with Gasteiger partial charge >= 0.3 is 0 Å². The second-order valence-electron chi connectivity index (χ2n) is 5.77. The van der Waals surface area contributed by atoms with Crippen LogP contribution >= 0.6 is 24.8 Å². The van der Waals surface area contributed by atoms with E-state index in [1.807, 2.05) is 19.1 Å². The number of halogens is 2. The van der Waals surface area contributed by atoms with Gasteiger partial charge in [-0.05, 0) is 25.8 Å². The van der Waals surface area contributed by atoms with E-state index in [4.69, 9.17) is 0 Å². The van der Waals surface area contributed by atoms with Crippen molar-refractivity contribution < 1.29 is 4.92 Å². The zero-order chi connectivity index (χ0) is 15.4. The molecule has 0 bridgehead atoms. The quantitative estimate of drug-likeness (QED) is 0.493. The molecule has 7 heteroatoms. The van der Waals surface area contributed by atoms with Gasteiger partial charge in [0.15, 0.2) is 0 Å². The van der Waals surface area contributed by atoms with E-state index in [0.29, 0.717) is 5.56 Å². The zero-order valence-electron chi connectivity index (χ0n) is 13.6. The lowest BCUT2D eigenvalue weighted by Gasteiger charge is -2.35. The van der Waals surface area contributed by atoms with Gasteiger partial charge in [0.05, 0.1) is 4.92 Å². The molecule has 0 aromatic heterocycles. The van der Waals surface area contributed by atoms with Crippen molar-refractivity contribution in [3.8, 4) is 0 Å². The third-order valence-electron chi connectivity index (χ3n) is 3.95. The molecule has 1 aliphatic rings. The normalized spacial score (nSPS) is 15.9. The monoisotopic (exact) mass is 361 g/mol. The molecule has 0 saturated carbocycles. The van der Waals surface area contributed by atoms with Crippen LogP contribution in [-0.4, -0.2) is 36.0 Å². The second-order valence-corrected chi connectivity index (χ2v) is 5.77. The predicted molar refractivity (Wildman–Crippen MR) is 98.9 cm³/mol. The fourth-order valence-corrected chi connectivity index (χ4v) is 2.81. The summed E-state index contributed by atoms with van der Waals surface area (Å²) in [5.74, 6) is 0. The van der Waals surface area contributed by atoms with E-state index < -0.39 is 0 Å². The minimum absolute atomic E-state index is 0. The third kappa shape index (κ3) is 5.77. The first-order valence-electron chi connectivity index (χ1n) is 7.33. The molecule has 1 aromatic rings. The highest BCUT2D eigenvalue weighted by Crippen LogP contribution is 2.31. The first kappa shape index (κ1) is 21.9. The van der Waals surface area contributed by atoms with E-state index in [9.17, 15) is 10.1 Å². The van der Waals surface area contributed by atoms with Gasteiger partial charge in [0.25, 0.3) is 5.69 Å². The molecule has 0 amide bonds. The predicted octanol–water partition coefficient (Wildman–Crippen LogP) is 3.66. The van der Waals surface area contributed by atoms with Crippen molar-refractivity contribution in [1.29, 1.82) is 0 Å². The Kier molecular flexibility index (Phi) is 9.39. The Morgan fingerprint density at radius 2 is 2.00 bits per heavy atom. The van der Waals surface area contributed by atoms with Crippen LogP contribution in [0, 0.1) is 17.0 Å².